The van der Waals surface area contributed by atoms with E-state index in [4.69, 9.17) is 5.84 Å². The van der Waals surface area contributed by atoms with E-state index in [-0.39, 0.29) is 36.6 Å². The van der Waals surface area contributed by atoms with Crippen molar-refractivity contribution in [2.75, 3.05) is 13.1 Å². The average molecular weight is 478 g/mol. The fourth-order valence-electron chi connectivity index (χ4n) is 6.67. The van der Waals surface area contributed by atoms with Crippen LogP contribution in [0.15, 0.2) is 29.1 Å². The summed E-state index contributed by atoms with van der Waals surface area (Å²) in [6.45, 7) is 0.884. The number of alkyl halides is 3. The number of halogens is 3. The Morgan fingerprint density at radius 1 is 1.32 bits per heavy atom. The standard InChI is InChI=1S/C23H25F3N4O4/c1-11-2-3-14(31)5-16(11)21-6-13-9-30(10-23(24,25)26)18(13)22(21,34)7-12-4-15(20(33)29-27)19(32)28-17(12)8-21/h2-5,13,18,31,34H,6-10,27H2,1H3,(H,28,32)(H,29,33)/t13?,18-,21-,22-/m1/s1. The van der Waals surface area contributed by atoms with Gasteiger partial charge in [0.05, 0.1) is 12.1 Å². The Morgan fingerprint density at radius 3 is 2.74 bits per heavy atom. The molecule has 6 N–H and O–H groups in total. The van der Waals surface area contributed by atoms with Crippen LogP contribution in [0.5, 0.6) is 5.75 Å². The van der Waals surface area contributed by atoms with Crippen LogP contribution in [-0.4, -0.2) is 56.9 Å². The number of hydrazine groups is 1. The van der Waals surface area contributed by atoms with E-state index < -0.39 is 41.2 Å². The molecule has 34 heavy (non-hydrogen) atoms. The molecule has 5 rings (SSSR count). The number of phenolic OH excluding ortho intramolecular Hbond substituents is 1. The summed E-state index contributed by atoms with van der Waals surface area (Å²) in [6, 6.07) is 5.37. The number of likely N-dealkylation sites (tertiary alicyclic amines) is 1. The van der Waals surface area contributed by atoms with E-state index >= 15 is 0 Å². The predicted molar refractivity (Wildman–Crippen MR) is 115 cm³/mol. The van der Waals surface area contributed by atoms with Crippen LogP contribution in [0.25, 0.3) is 0 Å². The molecule has 2 heterocycles. The number of amides is 1. The predicted octanol–water partition coefficient (Wildman–Crippen LogP) is 1.03. The number of pyridine rings is 1. The minimum Gasteiger partial charge on any atom is -0.508 e. The number of hydrogen-bond acceptors (Lipinski definition) is 6. The van der Waals surface area contributed by atoms with Crippen LogP contribution in [0.3, 0.4) is 0 Å². The lowest BCUT2D eigenvalue weighted by Crippen LogP contribution is -2.69. The molecule has 2 fully saturated rings. The van der Waals surface area contributed by atoms with Gasteiger partial charge >= 0.3 is 6.18 Å². The van der Waals surface area contributed by atoms with Crippen molar-refractivity contribution < 1.29 is 28.2 Å². The van der Waals surface area contributed by atoms with E-state index in [9.17, 15) is 33.0 Å². The second-order valence-corrected chi connectivity index (χ2v) is 9.80. The first kappa shape index (κ1) is 22.9. The zero-order chi connectivity index (χ0) is 24.6. The third-order valence-electron chi connectivity index (χ3n) is 7.89. The summed E-state index contributed by atoms with van der Waals surface area (Å²) in [5, 5.41) is 22.5. The third kappa shape index (κ3) is 3.18. The number of rotatable bonds is 3. The smallest absolute Gasteiger partial charge is 0.401 e. The number of H-pyrrole nitrogens is 1. The van der Waals surface area contributed by atoms with E-state index in [2.05, 4.69) is 4.98 Å². The minimum atomic E-state index is -4.42. The summed E-state index contributed by atoms with van der Waals surface area (Å²) in [7, 11) is 0. The summed E-state index contributed by atoms with van der Waals surface area (Å²) in [6.07, 6.45) is -3.93. The molecule has 1 saturated carbocycles. The van der Waals surface area contributed by atoms with Gasteiger partial charge in [-0.3, -0.25) is 19.9 Å². The molecule has 3 aliphatic rings. The number of aromatic nitrogens is 1. The second kappa shape index (κ2) is 7.30. The van der Waals surface area contributed by atoms with Crippen LogP contribution in [0.2, 0.25) is 0 Å². The first-order valence-corrected chi connectivity index (χ1v) is 11.0. The van der Waals surface area contributed by atoms with Crippen molar-refractivity contribution >= 4 is 5.91 Å². The molecule has 1 saturated heterocycles. The first-order chi connectivity index (χ1) is 15.9. The largest absolute Gasteiger partial charge is 0.508 e. The van der Waals surface area contributed by atoms with Gasteiger partial charge < -0.3 is 15.2 Å². The number of aliphatic hydroxyl groups is 1. The lowest BCUT2D eigenvalue weighted by atomic mass is 9.59. The van der Waals surface area contributed by atoms with E-state index in [1.165, 1.54) is 17.0 Å². The van der Waals surface area contributed by atoms with Gasteiger partial charge in [0.25, 0.3) is 11.5 Å². The molecule has 2 aliphatic carbocycles. The van der Waals surface area contributed by atoms with Gasteiger partial charge in [-0.05, 0) is 54.2 Å². The molecule has 4 atom stereocenters. The molecule has 0 spiro atoms. The maximum absolute atomic E-state index is 13.3. The van der Waals surface area contributed by atoms with Crippen LogP contribution < -0.4 is 16.8 Å². The fraction of sp³-hybridized carbons (Fsp3) is 0.478. The molecule has 182 valence electrons. The van der Waals surface area contributed by atoms with Crippen molar-refractivity contribution in [3.05, 3.63) is 62.6 Å². The van der Waals surface area contributed by atoms with Crippen LogP contribution in [0.1, 0.15) is 39.2 Å². The minimum absolute atomic E-state index is 0.0158. The van der Waals surface area contributed by atoms with Gasteiger partial charge in [-0.25, -0.2) is 5.84 Å². The van der Waals surface area contributed by atoms with E-state index in [0.717, 1.165) is 5.56 Å². The molecule has 2 aromatic rings. The Morgan fingerprint density at radius 2 is 2.06 bits per heavy atom. The third-order valence-corrected chi connectivity index (χ3v) is 7.89. The zero-order valence-corrected chi connectivity index (χ0v) is 18.4. The topological polar surface area (TPSA) is 132 Å². The summed E-state index contributed by atoms with van der Waals surface area (Å²) in [4.78, 5) is 28.6. The maximum Gasteiger partial charge on any atom is 0.401 e. The highest BCUT2D eigenvalue weighted by molar-refractivity contribution is 5.93. The Hall–Kier alpha value is -2.89. The Balaban J connectivity index is 1.69. The van der Waals surface area contributed by atoms with Gasteiger partial charge in [0.1, 0.15) is 11.3 Å². The number of hydrogen-bond donors (Lipinski definition) is 5. The van der Waals surface area contributed by atoms with E-state index in [1.807, 2.05) is 12.3 Å². The summed E-state index contributed by atoms with van der Waals surface area (Å²) >= 11 is 0. The molecule has 1 aliphatic heterocycles. The molecule has 1 aromatic carbocycles. The number of nitrogen functional groups attached to an aromatic ring is 1. The van der Waals surface area contributed by atoms with Crippen molar-refractivity contribution in [2.24, 2.45) is 11.8 Å². The van der Waals surface area contributed by atoms with Gasteiger partial charge in [-0.2, -0.15) is 13.2 Å². The first-order valence-electron chi connectivity index (χ1n) is 11.0. The molecule has 1 amide bonds. The van der Waals surface area contributed by atoms with Crippen molar-refractivity contribution in [3.8, 4) is 5.75 Å². The van der Waals surface area contributed by atoms with Crippen LogP contribution >= 0.6 is 0 Å². The Labute approximate surface area is 192 Å². The van der Waals surface area contributed by atoms with E-state index in [0.29, 0.717) is 23.2 Å². The highest BCUT2D eigenvalue weighted by Crippen LogP contribution is 2.62. The fourth-order valence-corrected chi connectivity index (χ4v) is 6.67. The number of nitrogens with two attached hydrogens (primary N) is 1. The monoisotopic (exact) mass is 478 g/mol. The molecule has 8 nitrogen and oxygen atoms in total. The number of carbonyl (C=O) groups excluding carboxylic acids is 1. The van der Waals surface area contributed by atoms with Crippen LogP contribution in [0, 0.1) is 12.8 Å². The summed E-state index contributed by atoms with van der Waals surface area (Å²) in [5.74, 6) is 4.17. The number of nitrogens with one attached hydrogen (secondary N) is 2. The second-order valence-electron chi connectivity index (χ2n) is 9.80. The number of phenols is 1. The van der Waals surface area contributed by atoms with Crippen molar-refractivity contribution in [1.29, 1.82) is 0 Å². The molecular formula is C23H25F3N4O4. The Kier molecular flexibility index (Phi) is 4.91. The number of aromatic amines is 1. The number of benzene rings is 1. The molecular weight excluding hydrogens is 453 g/mol. The number of carbonyl (C=O) groups is 1. The molecule has 1 unspecified atom stereocenters. The van der Waals surface area contributed by atoms with Crippen molar-refractivity contribution in [2.45, 2.75) is 49.4 Å². The number of nitrogens with zero attached hydrogens (tertiary/aromatic N) is 1. The molecule has 0 bridgehead atoms. The SMILES string of the molecule is Cc1ccc(O)cc1[C@@]12Cc3[nH]c(=O)c(C(=O)NN)cc3C[C@@]1(O)[C@H]1C(CN1CC(F)(F)F)C2. The highest BCUT2D eigenvalue weighted by atomic mass is 19.4. The molecule has 1 aromatic heterocycles. The van der Waals surface area contributed by atoms with Crippen LogP contribution in [0.4, 0.5) is 13.2 Å². The van der Waals surface area contributed by atoms with Crippen LogP contribution in [-0.2, 0) is 18.3 Å². The van der Waals surface area contributed by atoms with Gasteiger partial charge in [-0.1, -0.05) is 6.07 Å². The van der Waals surface area contributed by atoms with Gasteiger partial charge in [0, 0.05) is 36.5 Å². The van der Waals surface area contributed by atoms with Crippen molar-refractivity contribution in [1.82, 2.24) is 15.3 Å². The van der Waals surface area contributed by atoms with Gasteiger partial charge in [0.2, 0.25) is 0 Å². The quantitative estimate of drug-likeness (QED) is 0.254. The summed E-state index contributed by atoms with van der Waals surface area (Å²) in [5.41, 5.74) is 0.794. The normalized spacial score (nSPS) is 30.2. The number of aryl methyl sites for hydroxylation is 1. The molecule has 11 heteroatoms. The number of fused-ring (bicyclic) bond motifs is 4. The highest BCUT2D eigenvalue weighted by Gasteiger charge is 2.71. The van der Waals surface area contributed by atoms with Gasteiger partial charge in [0.15, 0.2) is 0 Å². The average Bonchev–Trinajstić information content (AvgIpc) is 2.93. The lowest BCUT2D eigenvalue weighted by molar-refractivity contribution is -0.191. The van der Waals surface area contributed by atoms with Crippen molar-refractivity contribution in [3.63, 3.8) is 0 Å². The van der Waals surface area contributed by atoms with Gasteiger partial charge in [-0.15, -0.1) is 0 Å². The summed E-state index contributed by atoms with van der Waals surface area (Å²) < 4.78 is 39.8. The maximum atomic E-state index is 13.3. The lowest BCUT2D eigenvalue weighted by Gasteiger charge is -2.54. The Bertz CT molecular complexity index is 1250. The number of aromatic hydroxyl groups is 1. The molecule has 0 radical (unpaired) electrons. The zero-order valence-electron chi connectivity index (χ0n) is 18.4. The van der Waals surface area contributed by atoms with E-state index in [1.54, 1.807) is 12.1 Å².